The molecule has 0 aromatic heterocycles. The summed E-state index contributed by atoms with van der Waals surface area (Å²) in [6.45, 7) is 5.00. The molecule has 2 aliphatic heterocycles. The Kier molecular flexibility index (Phi) is 6.19. The van der Waals surface area contributed by atoms with E-state index in [0.717, 1.165) is 63.2 Å². The Balaban J connectivity index is 1.25. The number of nitrogens with zero attached hydrogens (tertiary/aromatic N) is 2. The lowest BCUT2D eigenvalue weighted by Gasteiger charge is -2.38. The minimum absolute atomic E-state index is 0.186. The van der Waals surface area contributed by atoms with Gasteiger partial charge in [0.25, 0.3) is 0 Å². The number of piperidine rings is 1. The predicted molar refractivity (Wildman–Crippen MR) is 116 cm³/mol. The first-order chi connectivity index (χ1) is 14.2. The van der Waals surface area contributed by atoms with Gasteiger partial charge in [-0.2, -0.15) is 0 Å². The van der Waals surface area contributed by atoms with E-state index < -0.39 is 0 Å². The van der Waals surface area contributed by atoms with E-state index >= 15 is 0 Å². The lowest BCUT2D eigenvalue weighted by molar-refractivity contribution is -0.128. The maximum absolute atomic E-state index is 12.7. The van der Waals surface area contributed by atoms with Crippen molar-refractivity contribution < 1.29 is 9.53 Å². The van der Waals surface area contributed by atoms with Crippen LogP contribution in [-0.2, 0) is 17.8 Å². The number of rotatable bonds is 7. The number of amides is 1. The van der Waals surface area contributed by atoms with Crippen molar-refractivity contribution in [3.05, 3.63) is 65.7 Å². The normalized spacial score (nSPS) is 19.1. The van der Waals surface area contributed by atoms with Gasteiger partial charge < -0.3 is 14.5 Å². The molecule has 1 amide bonds. The molecule has 0 saturated carbocycles. The number of carbonyl (C=O) groups excluding carboxylic acids is 1. The summed E-state index contributed by atoms with van der Waals surface area (Å²) in [6, 6.07) is 18.8. The second-order valence-electron chi connectivity index (χ2n) is 8.71. The van der Waals surface area contributed by atoms with Crippen LogP contribution >= 0.6 is 0 Å². The van der Waals surface area contributed by atoms with Crippen LogP contribution in [0.5, 0.6) is 5.75 Å². The van der Waals surface area contributed by atoms with Crippen molar-refractivity contribution in [1.82, 2.24) is 9.80 Å². The summed E-state index contributed by atoms with van der Waals surface area (Å²) in [6.07, 6.45) is 5.35. The Morgan fingerprint density at radius 1 is 1.00 bits per heavy atom. The molecule has 0 aliphatic carbocycles. The molecule has 29 heavy (non-hydrogen) atoms. The van der Waals surface area contributed by atoms with Crippen LogP contribution in [0.15, 0.2) is 54.6 Å². The van der Waals surface area contributed by atoms with Crippen LogP contribution in [0.4, 0.5) is 0 Å². The van der Waals surface area contributed by atoms with Gasteiger partial charge >= 0.3 is 0 Å². The molecule has 2 aromatic rings. The summed E-state index contributed by atoms with van der Waals surface area (Å²) in [5.41, 5.74) is 2.76. The SMILES string of the molecule is COc1cccc(CN2CC3(CCN(CCCc4ccccc4)CC3)CC2=O)c1. The number of aryl methyl sites for hydroxylation is 1. The number of likely N-dealkylation sites (tertiary alicyclic amines) is 2. The molecule has 4 nitrogen and oxygen atoms in total. The Labute approximate surface area is 174 Å². The lowest BCUT2D eigenvalue weighted by Crippen LogP contribution is -2.41. The number of carbonyl (C=O) groups is 1. The second-order valence-corrected chi connectivity index (χ2v) is 8.71. The molecular formula is C25H32N2O2. The highest BCUT2D eigenvalue weighted by molar-refractivity contribution is 5.79. The molecule has 2 saturated heterocycles. The van der Waals surface area contributed by atoms with E-state index in [9.17, 15) is 4.79 Å². The molecule has 2 fully saturated rings. The number of hydrogen-bond acceptors (Lipinski definition) is 3. The second kappa shape index (κ2) is 9.00. The Morgan fingerprint density at radius 3 is 2.52 bits per heavy atom. The number of methoxy groups -OCH3 is 1. The highest BCUT2D eigenvalue weighted by Gasteiger charge is 2.44. The lowest BCUT2D eigenvalue weighted by atomic mass is 9.77. The molecule has 2 aromatic carbocycles. The van der Waals surface area contributed by atoms with Crippen LogP contribution in [-0.4, -0.2) is 49.0 Å². The first-order valence-electron chi connectivity index (χ1n) is 10.8. The van der Waals surface area contributed by atoms with Gasteiger partial charge in [-0.15, -0.1) is 0 Å². The fourth-order valence-corrected chi connectivity index (χ4v) is 4.85. The van der Waals surface area contributed by atoms with Gasteiger partial charge in [-0.1, -0.05) is 42.5 Å². The van der Waals surface area contributed by atoms with E-state index in [1.165, 1.54) is 12.0 Å². The van der Waals surface area contributed by atoms with Crippen molar-refractivity contribution in [3.8, 4) is 5.75 Å². The van der Waals surface area contributed by atoms with Crippen LogP contribution < -0.4 is 4.74 Å². The van der Waals surface area contributed by atoms with Crippen molar-refractivity contribution in [2.75, 3.05) is 33.3 Å². The molecular weight excluding hydrogens is 360 g/mol. The fraction of sp³-hybridized carbons (Fsp3) is 0.480. The zero-order chi connectivity index (χ0) is 20.1. The zero-order valence-corrected chi connectivity index (χ0v) is 17.5. The first kappa shape index (κ1) is 20.0. The fourth-order valence-electron chi connectivity index (χ4n) is 4.85. The molecule has 0 unspecified atom stereocenters. The Morgan fingerprint density at radius 2 is 1.76 bits per heavy atom. The van der Waals surface area contributed by atoms with Gasteiger partial charge in [0.2, 0.25) is 5.91 Å². The van der Waals surface area contributed by atoms with Gasteiger partial charge in [0.1, 0.15) is 5.75 Å². The van der Waals surface area contributed by atoms with Gasteiger partial charge in [0.05, 0.1) is 7.11 Å². The van der Waals surface area contributed by atoms with E-state index in [2.05, 4.69) is 46.2 Å². The quantitative estimate of drug-likeness (QED) is 0.710. The molecule has 154 valence electrons. The molecule has 2 aliphatic rings. The van der Waals surface area contributed by atoms with E-state index in [4.69, 9.17) is 4.74 Å². The van der Waals surface area contributed by atoms with E-state index in [1.807, 2.05) is 18.2 Å². The van der Waals surface area contributed by atoms with Gasteiger partial charge in [0.15, 0.2) is 0 Å². The summed E-state index contributed by atoms with van der Waals surface area (Å²) in [5.74, 6) is 1.16. The zero-order valence-electron chi connectivity index (χ0n) is 17.5. The Bertz CT molecular complexity index is 813. The Hall–Kier alpha value is -2.33. The summed E-state index contributed by atoms with van der Waals surface area (Å²) in [5, 5.41) is 0. The van der Waals surface area contributed by atoms with Crippen LogP contribution in [0.25, 0.3) is 0 Å². The van der Waals surface area contributed by atoms with Gasteiger partial charge in [-0.05, 0) is 74.0 Å². The molecule has 4 heteroatoms. The van der Waals surface area contributed by atoms with E-state index in [0.29, 0.717) is 12.5 Å². The van der Waals surface area contributed by atoms with Crippen LogP contribution in [0.3, 0.4) is 0 Å². The third-order valence-electron chi connectivity index (χ3n) is 6.61. The van der Waals surface area contributed by atoms with Gasteiger partial charge in [-0.25, -0.2) is 0 Å². The molecule has 4 rings (SSSR count). The topological polar surface area (TPSA) is 32.8 Å². The summed E-state index contributed by atoms with van der Waals surface area (Å²) >= 11 is 0. The first-order valence-corrected chi connectivity index (χ1v) is 10.8. The summed E-state index contributed by atoms with van der Waals surface area (Å²) in [7, 11) is 1.68. The maximum Gasteiger partial charge on any atom is 0.223 e. The van der Waals surface area contributed by atoms with Crippen LogP contribution in [0.2, 0.25) is 0 Å². The number of benzene rings is 2. The monoisotopic (exact) mass is 392 g/mol. The molecule has 0 N–H and O–H groups in total. The smallest absolute Gasteiger partial charge is 0.223 e. The van der Waals surface area contributed by atoms with Crippen molar-refractivity contribution >= 4 is 5.91 Å². The highest BCUT2D eigenvalue weighted by Crippen LogP contribution is 2.41. The predicted octanol–water partition coefficient (Wildman–Crippen LogP) is 4.14. The molecule has 1 spiro atoms. The molecule has 0 bridgehead atoms. The largest absolute Gasteiger partial charge is 0.497 e. The standard InChI is InChI=1S/C25H32N2O2/c1-29-23-11-5-9-22(17-23)19-27-20-25(18-24(27)28)12-15-26(16-13-25)14-6-10-21-7-3-2-4-8-21/h2-5,7-9,11,17H,6,10,12-16,18-20H2,1H3. The maximum atomic E-state index is 12.7. The van der Waals surface area contributed by atoms with Gasteiger partial charge in [-0.3, -0.25) is 4.79 Å². The summed E-state index contributed by atoms with van der Waals surface area (Å²) < 4.78 is 5.32. The van der Waals surface area contributed by atoms with Crippen molar-refractivity contribution in [2.45, 2.75) is 38.6 Å². The highest BCUT2D eigenvalue weighted by atomic mass is 16.5. The third kappa shape index (κ3) is 4.99. The summed E-state index contributed by atoms with van der Waals surface area (Å²) in [4.78, 5) is 17.3. The number of ether oxygens (including phenoxy) is 1. The van der Waals surface area contributed by atoms with E-state index in [-0.39, 0.29) is 5.41 Å². The average Bonchev–Trinajstić information content (AvgIpc) is 3.05. The van der Waals surface area contributed by atoms with Crippen molar-refractivity contribution in [3.63, 3.8) is 0 Å². The minimum Gasteiger partial charge on any atom is -0.497 e. The molecule has 0 atom stereocenters. The average molecular weight is 393 g/mol. The third-order valence-corrected chi connectivity index (χ3v) is 6.61. The van der Waals surface area contributed by atoms with Crippen molar-refractivity contribution in [2.24, 2.45) is 5.41 Å². The number of hydrogen-bond donors (Lipinski definition) is 0. The van der Waals surface area contributed by atoms with Crippen molar-refractivity contribution in [1.29, 1.82) is 0 Å². The minimum atomic E-state index is 0.186. The van der Waals surface area contributed by atoms with Crippen LogP contribution in [0.1, 0.15) is 36.8 Å². The van der Waals surface area contributed by atoms with Crippen LogP contribution in [0, 0.1) is 5.41 Å². The van der Waals surface area contributed by atoms with E-state index in [1.54, 1.807) is 7.11 Å². The molecule has 0 radical (unpaired) electrons. The van der Waals surface area contributed by atoms with Gasteiger partial charge in [0, 0.05) is 19.5 Å². The molecule has 2 heterocycles.